The van der Waals surface area contributed by atoms with Crippen LogP contribution >= 0.6 is 0 Å². The molecule has 3 heterocycles. The van der Waals surface area contributed by atoms with Crippen molar-refractivity contribution in [3.8, 4) is 17.2 Å². The van der Waals surface area contributed by atoms with Gasteiger partial charge in [0.1, 0.15) is 5.75 Å². The van der Waals surface area contributed by atoms with E-state index in [1.807, 2.05) is 6.07 Å². The molecule has 2 fully saturated rings. The maximum Gasteiger partial charge on any atom is 0.231 e. The molecule has 1 atom stereocenters. The lowest BCUT2D eigenvalue weighted by molar-refractivity contribution is 0.173. The molecule has 0 saturated carbocycles. The molecule has 166 valence electrons. The summed E-state index contributed by atoms with van der Waals surface area (Å²) in [6, 6.07) is 12.8. The highest BCUT2D eigenvalue weighted by Gasteiger charge is 2.26. The van der Waals surface area contributed by atoms with Gasteiger partial charge >= 0.3 is 0 Å². The van der Waals surface area contributed by atoms with Crippen LogP contribution < -0.4 is 29.9 Å². The monoisotopic (exact) mass is 425 g/mol. The van der Waals surface area contributed by atoms with Crippen molar-refractivity contribution in [3.63, 3.8) is 0 Å². The maximum absolute atomic E-state index is 5.67. The molecular formula is C23H31N5O3. The second-order valence-electron chi connectivity index (χ2n) is 8.31. The van der Waals surface area contributed by atoms with Crippen LogP contribution in [0.1, 0.15) is 11.6 Å². The molecule has 31 heavy (non-hydrogen) atoms. The Morgan fingerprint density at radius 3 is 2.68 bits per heavy atom. The van der Waals surface area contributed by atoms with Gasteiger partial charge in [-0.3, -0.25) is 0 Å². The lowest BCUT2D eigenvalue weighted by atomic mass is 10.0. The topological polar surface area (TPSA) is 61.5 Å². The number of likely N-dealkylation sites (N-methyl/N-ethyl adjacent to an activating group) is 1. The van der Waals surface area contributed by atoms with Crippen LogP contribution in [0, 0.1) is 0 Å². The number of methoxy groups -OCH3 is 1. The van der Waals surface area contributed by atoms with E-state index in [9.17, 15) is 0 Å². The normalized spacial score (nSPS) is 21.9. The number of anilines is 2. The Morgan fingerprint density at radius 2 is 1.84 bits per heavy atom. The zero-order valence-corrected chi connectivity index (χ0v) is 18.3. The number of hydrogen-bond acceptors (Lipinski definition) is 8. The van der Waals surface area contributed by atoms with Crippen molar-refractivity contribution in [1.82, 2.24) is 15.2 Å². The number of rotatable bonds is 5. The van der Waals surface area contributed by atoms with Gasteiger partial charge in [-0.15, -0.1) is 0 Å². The first-order valence-electron chi connectivity index (χ1n) is 11.0. The number of ether oxygens (including phenoxy) is 3. The van der Waals surface area contributed by atoms with Gasteiger partial charge in [-0.2, -0.15) is 0 Å². The largest absolute Gasteiger partial charge is 0.495 e. The van der Waals surface area contributed by atoms with Crippen LogP contribution in [0.3, 0.4) is 0 Å². The van der Waals surface area contributed by atoms with E-state index < -0.39 is 0 Å². The molecule has 3 aliphatic heterocycles. The Bertz CT molecular complexity index is 916. The molecular weight excluding hydrogens is 394 g/mol. The van der Waals surface area contributed by atoms with Gasteiger partial charge in [0.05, 0.1) is 24.5 Å². The third-order valence-electron chi connectivity index (χ3n) is 6.32. The molecule has 0 radical (unpaired) electrons. The highest BCUT2D eigenvalue weighted by Crippen LogP contribution is 2.37. The number of nitrogens with zero attached hydrogens (tertiary/aromatic N) is 3. The molecule has 2 saturated heterocycles. The summed E-state index contributed by atoms with van der Waals surface area (Å²) < 4.78 is 16.7. The highest BCUT2D eigenvalue weighted by atomic mass is 16.7. The molecule has 0 amide bonds. The van der Waals surface area contributed by atoms with Crippen molar-refractivity contribution in [3.05, 3.63) is 42.0 Å². The lowest BCUT2D eigenvalue weighted by Crippen LogP contribution is -2.48. The third kappa shape index (κ3) is 4.23. The molecule has 0 aromatic heterocycles. The first-order chi connectivity index (χ1) is 15.2. The molecule has 0 aliphatic carbocycles. The number of piperazine rings is 2. The average Bonchev–Trinajstić information content (AvgIpc) is 3.28. The first-order valence-corrected chi connectivity index (χ1v) is 11.0. The van der Waals surface area contributed by atoms with Crippen LogP contribution in [-0.2, 0) is 0 Å². The molecule has 2 aromatic carbocycles. The molecule has 3 aliphatic rings. The second-order valence-corrected chi connectivity index (χ2v) is 8.31. The minimum absolute atomic E-state index is 0.192. The molecule has 2 aromatic rings. The van der Waals surface area contributed by atoms with Crippen molar-refractivity contribution in [2.45, 2.75) is 6.04 Å². The van der Waals surface area contributed by atoms with Crippen LogP contribution in [0.2, 0.25) is 0 Å². The fourth-order valence-corrected chi connectivity index (χ4v) is 4.48. The summed E-state index contributed by atoms with van der Waals surface area (Å²) >= 11 is 0. The van der Waals surface area contributed by atoms with Gasteiger partial charge in [-0.1, -0.05) is 6.07 Å². The lowest BCUT2D eigenvalue weighted by Gasteiger charge is -2.38. The average molecular weight is 426 g/mol. The first kappa shape index (κ1) is 20.2. The molecule has 2 N–H and O–H groups in total. The van der Waals surface area contributed by atoms with Crippen molar-refractivity contribution in [2.24, 2.45) is 0 Å². The van der Waals surface area contributed by atoms with Gasteiger partial charge in [0.2, 0.25) is 6.79 Å². The Balaban J connectivity index is 1.37. The Hall–Kier alpha value is -2.68. The highest BCUT2D eigenvalue weighted by molar-refractivity contribution is 5.66. The zero-order chi connectivity index (χ0) is 21.2. The molecule has 0 spiro atoms. The van der Waals surface area contributed by atoms with Crippen molar-refractivity contribution in [1.29, 1.82) is 0 Å². The fourth-order valence-electron chi connectivity index (χ4n) is 4.48. The maximum atomic E-state index is 5.67. The van der Waals surface area contributed by atoms with Crippen LogP contribution in [-0.4, -0.2) is 76.7 Å². The Labute approximate surface area is 183 Å². The summed E-state index contributed by atoms with van der Waals surface area (Å²) in [6.07, 6.45) is 0. The number of benzene rings is 2. The summed E-state index contributed by atoms with van der Waals surface area (Å²) in [7, 11) is 3.92. The van der Waals surface area contributed by atoms with Gasteiger partial charge in [-0.25, -0.2) is 5.01 Å². The van der Waals surface area contributed by atoms with Crippen LogP contribution in [0.5, 0.6) is 17.2 Å². The van der Waals surface area contributed by atoms with Gasteiger partial charge in [-0.05, 0) is 42.9 Å². The molecule has 8 nitrogen and oxygen atoms in total. The standard InChI is InChI=1S/C23H31N5O3/c1-26-9-11-27(12-10-26)19-14-18(4-6-21(19)29-2)25-28-8-7-24-15-20(28)17-3-5-22-23(13-17)31-16-30-22/h3-6,13-14,20,24-25H,7-12,15-16H2,1-2H3. The number of fused-ring (bicyclic) bond motifs is 1. The Morgan fingerprint density at radius 1 is 1.00 bits per heavy atom. The number of hydrazine groups is 1. The number of hydrogen-bond donors (Lipinski definition) is 2. The minimum atomic E-state index is 0.192. The van der Waals surface area contributed by atoms with Crippen molar-refractivity contribution >= 4 is 11.4 Å². The smallest absolute Gasteiger partial charge is 0.231 e. The zero-order valence-electron chi connectivity index (χ0n) is 18.3. The summed E-state index contributed by atoms with van der Waals surface area (Å²) in [5.74, 6) is 2.56. The van der Waals surface area contributed by atoms with E-state index in [1.54, 1.807) is 7.11 Å². The molecule has 1 unspecified atom stereocenters. The molecule has 0 bridgehead atoms. The SMILES string of the molecule is COc1ccc(NN2CCNCC2c2ccc3c(c2)OCO3)cc1N1CCN(C)CC1. The van der Waals surface area contributed by atoms with Crippen LogP contribution in [0.4, 0.5) is 11.4 Å². The van der Waals surface area contributed by atoms with E-state index >= 15 is 0 Å². The Kier molecular flexibility index (Phi) is 5.76. The van der Waals surface area contributed by atoms with Crippen LogP contribution in [0.15, 0.2) is 36.4 Å². The van der Waals surface area contributed by atoms with E-state index in [0.717, 1.165) is 74.4 Å². The quantitative estimate of drug-likeness (QED) is 0.756. The van der Waals surface area contributed by atoms with Gasteiger partial charge in [0.25, 0.3) is 0 Å². The van der Waals surface area contributed by atoms with Crippen molar-refractivity contribution < 1.29 is 14.2 Å². The van der Waals surface area contributed by atoms with Gasteiger partial charge in [0, 0.05) is 45.8 Å². The van der Waals surface area contributed by atoms with Gasteiger partial charge in [0.15, 0.2) is 11.5 Å². The van der Waals surface area contributed by atoms with E-state index in [1.165, 1.54) is 5.56 Å². The van der Waals surface area contributed by atoms with Gasteiger partial charge < -0.3 is 34.8 Å². The van der Waals surface area contributed by atoms with Crippen LogP contribution in [0.25, 0.3) is 0 Å². The fraction of sp³-hybridized carbons (Fsp3) is 0.478. The predicted molar refractivity (Wildman–Crippen MR) is 121 cm³/mol. The second kappa shape index (κ2) is 8.82. The summed E-state index contributed by atoms with van der Waals surface area (Å²) in [4.78, 5) is 4.78. The minimum Gasteiger partial charge on any atom is -0.495 e. The van der Waals surface area contributed by atoms with Crippen molar-refractivity contribution in [2.75, 3.05) is 77.1 Å². The van der Waals surface area contributed by atoms with E-state index in [2.05, 4.69) is 62.9 Å². The summed E-state index contributed by atoms with van der Waals surface area (Å²) in [5, 5.41) is 5.82. The van der Waals surface area contributed by atoms with E-state index in [4.69, 9.17) is 14.2 Å². The third-order valence-corrected chi connectivity index (χ3v) is 6.32. The van der Waals surface area contributed by atoms with E-state index in [0.29, 0.717) is 6.79 Å². The summed E-state index contributed by atoms with van der Waals surface area (Å²) in [5.41, 5.74) is 7.09. The molecule has 5 rings (SSSR count). The number of nitrogens with one attached hydrogen (secondary N) is 2. The summed E-state index contributed by atoms with van der Waals surface area (Å²) in [6.45, 7) is 7.13. The molecule has 8 heteroatoms. The predicted octanol–water partition coefficient (Wildman–Crippen LogP) is 2.15. The van der Waals surface area contributed by atoms with E-state index in [-0.39, 0.29) is 6.04 Å².